The number of benzene rings is 1. The van der Waals surface area contributed by atoms with Gasteiger partial charge in [-0.15, -0.1) is 5.10 Å². The summed E-state index contributed by atoms with van der Waals surface area (Å²) in [6, 6.07) is 11.0. The van der Waals surface area contributed by atoms with Gasteiger partial charge in [0.05, 0.1) is 19.3 Å². The van der Waals surface area contributed by atoms with Gasteiger partial charge in [0.1, 0.15) is 6.10 Å². The lowest BCUT2D eigenvalue weighted by atomic mass is 10.2. The van der Waals surface area contributed by atoms with Crippen molar-refractivity contribution in [1.29, 1.82) is 0 Å². The van der Waals surface area contributed by atoms with Gasteiger partial charge < -0.3 is 18.8 Å². The highest BCUT2D eigenvalue weighted by Crippen LogP contribution is 2.29. The molecule has 1 aromatic carbocycles. The number of amides is 1. The normalized spacial score (nSPS) is 16.8. The third kappa shape index (κ3) is 3.08. The number of rotatable bonds is 4. The molecule has 134 valence electrons. The Bertz CT molecular complexity index is 936. The molecular weight excluding hydrogens is 334 g/mol. The molecule has 4 rings (SSSR count). The number of ether oxygens (including phenoxy) is 2. The molecule has 26 heavy (non-hydrogen) atoms. The van der Waals surface area contributed by atoms with Gasteiger partial charge in [-0.2, -0.15) is 5.10 Å². The van der Waals surface area contributed by atoms with Crippen molar-refractivity contribution in [2.45, 2.75) is 19.4 Å². The number of hydrogen-bond donors (Lipinski definition) is 0. The minimum atomic E-state index is -0.149. The molecule has 1 fully saturated rings. The van der Waals surface area contributed by atoms with Crippen molar-refractivity contribution < 1.29 is 18.7 Å². The summed E-state index contributed by atoms with van der Waals surface area (Å²) in [7, 11) is 1.58. The summed E-state index contributed by atoms with van der Waals surface area (Å²) in [5.74, 6) is 1.25. The highest BCUT2D eigenvalue weighted by Gasteiger charge is 2.30. The fourth-order valence-corrected chi connectivity index (χ4v) is 3.09. The number of aryl methyl sites for hydroxylation is 1. The van der Waals surface area contributed by atoms with Gasteiger partial charge in [-0.3, -0.25) is 4.79 Å². The standard InChI is InChI=1S/C19H19N3O4/c1-12-6-7-17(21-20-12)25-14-8-9-22(11-14)19(23)16-10-13-4-3-5-15(24-2)18(13)26-16/h3-7,10,14H,8-9,11H2,1-2H3. The first-order valence-electron chi connectivity index (χ1n) is 8.47. The highest BCUT2D eigenvalue weighted by molar-refractivity contribution is 5.97. The molecule has 0 saturated carbocycles. The Morgan fingerprint density at radius 1 is 1.27 bits per heavy atom. The van der Waals surface area contributed by atoms with E-state index in [-0.39, 0.29) is 12.0 Å². The Labute approximate surface area is 150 Å². The Hall–Kier alpha value is -3.09. The molecule has 1 saturated heterocycles. The highest BCUT2D eigenvalue weighted by atomic mass is 16.5. The van der Waals surface area contributed by atoms with Crippen molar-refractivity contribution in [2.75, 3.05) is 20.2 Å². The molecule has 7 heteroatoms. The summed E-state index contributed by atoms with van der Waals surface area (Å²) >= 11 is 0. The molecule has 1 atom stereocenters. The summed E-state index contributed by atoms with van der Waals surface area (Å²) in [5.41, 5.74) is 1.42. The molecule has 0 bridgehead atoms. The molecule has 0 radical (unpaired) electrons. The topological polar surface area (TPSA) is 77.7 Å². The molecule has 1 aliphatic rings. The molecule has 3 heterocycles. The molecule has 1 amide bonds. The second kappa shape index (κ2) is 6.67. The Morgan fingerprint density at radius 2 is 2.15 bits per heavy atom. The third-order valence-corrected chi connectivity index (χ3v) is 4.43. The molecule has 0 spiro atoms. The Balaban J connectivity index is 1.46. The number of fused-ring (bicyclic) bond motifs is 1. The quantitative estimate of drug-likeness (QED) is 0.718. The molecule has 3 aromatic rings. The minimum Gasteiger partial charge on any atom is -0.493 e. The van der Waals surface area contributed by atoms with Crippen LogP contribution in [-0.2, 0) is 0 Å². The van der Waals surface area contributed by atoms with E-state index in [0.29, 0.717) is 36.1 Å². The first-order chi connectivity index (χ1) is 12.6. The van der Waals surface area contributed by atoms with Gasteiger partial charge in [0.15, 0.2) is 17.1 Å². The van der Waals surface area contributed by atoms with Gasteiger partial charge >= 0.3 is 0 Å². The Kier molecular flexibility index (Phi) is 4.20. The predicted octanol–water partition coefficient (Wildman–Crippen LogP) is 2.83. The average Bonchev–Trinajstić information content (AvgIpc) is 3.29. The van der Waals surface area contributed by atoms with E-state index < -0.39 is 0 Å². The number of nitrogens with zero attached hydrogens (tertiary/aromatic N) is 3. The number of likely N-dealkylation sites (tertiary alicyclic amines) is 1. The lowest BCUT2D eigenvalue weighted by Crippen LogP contribution is -2.30. The van der Waals surface area contributed by atoms with E-state index in [1.165, 1.54) is 0 Å². The van der Waals surface area contributed by atoms with Crippen LogP contribution in [0.1, 0.15) is 22.7 Å². The van der Waals surface area contributed by atoms with Crippen LogP contribution in [0, 0.1) is 6.92 Å². The summed E-state index contributed by atoms with van der Waals surface area (Å²) < 4.78 is 16.9. The van der Waals surface area contributed by atoms with E-state index in [9.17, 15) is 4.79 Å². The fraction of sp³-hybridized carbons (Fsp3) is 0.316. The second-order valence-electron chi connectivity index (χ2n) is 6.28. The number of para-hydroxylation sites is 1. The van der Waals surface area contributed by atoms with Gasteiger partial charge in [0, 0.05) is 24.4 Å². The van der Waals surface area contributed by atoms with Crippen LogP contribution in [0.5, 0.6) is 11.6 Å². The minimum absolute atomic E-state index is 0.102. The largest absolute Gasteiger partial charge is 0.493 e. The fourth-order valence-electron chi connectivity index (χ4n) is 3.09. The van der Waals surface area contributed by atoms with E-state index in [1.54, 1.807) is 24.1 Å². The first-order valence-corrected chi connectivity index (χ1v) is 8.47. The number of hydrogen-bond acceptors (Lipinski definition) is 6. The number of methoxy groups -OCH3 is 1. The zero-order valence-electron chi connectivity index (χ0n) is 14.6. The molecule has 1 aliphatic heterocycles. The number of aromatic nitrogens is 2. The van der Waals surface area contributed by atoms with Gasteiger partial charge in [0.2, 0.25) is 5.88 Å². The second-order valence-corrected chi connectivity index (χ2v) is 6.28. The molecule has 0 N–H and O–H groups in total. The van der Waals surface area contributed by atoms with Crippen LogP contribution < -0.4 is 9.47 Å². The van der Waals surface area contributed by atoms with Crippen LogP contribution in [0.15, 0.2) is 40.8 Å². The van der Waals surface area contributed by atoms with E-state index in [4.69, 9.17) is 13.9 Å². The molecule has 2 aromatic heterocycles. The van der Waals surface area contributed by atoms with Crippen molar-refractivity contribution in [3.8, 4) is 11.6 Å². The van der Waals surface area contributed by atoms with E-state index >= 15 is 0 Å². The van der Waals surface area contributed by atoms with Crippen molar-refractivity contribution in [1.82, 2.24) is 15.1 Å². The first kappa shape index (κ1) is 16.4. The predicted molar refractivity (Wildman–Crippen MR) is 94.5 cm³/mol. The van der Waals surface area contributed by atoms with Gasteiger partial charge in [0.25, 0.3) is 5.91 Å². The Morgan fingerprint density at radius 3 is 2.92 bits per heavy atom. The summed E-state index contributed by atoms with van der Waals surface area (Å²) in [5, 5.41) is 8.83. The van der Waals surface area contributed by atoms with Gasteiger partial charge in [-0.1, -0.05) is 12.1 Å². The van der Waals surface area contributed by atoms with Gasteiger partial charge in [-0.05, 0) is 25.1 Å². The number of carbonyl (C=O) groups is 1. The maximum absolute atomic E-state index is 12.8. The molecule has 1 unspecified atom stereocenters. The average molecular weight is 353 g/mol. The maximum atomic E-state index is 12.8. The number of carbonyl (C=O) groups excluding carboxylic acids is 1. The van der Waals surface area contributed by atoms with Crippen LogP contribution in [-0.4, -0.2) is 47.3 Å². The monoisotopic (exact) mass is 353 g/mol. The van der Waals surface area contributed by atoms with Crippen molar-refractivity contribution in [3.05, 3.63) is 47.9 Å². The third-order valence-electron chi connectivity index (χ3n) is 4.43. The summed E-state index contributed by atoms with van der Waals surface area (Å²) in [4.78, 5) is 14.5. The molecule has 7 nitrogen and oxygen atoms in total. The van der Waals surface area contributed by atoms with E-state index in [0.717, 1.165) is 17.5 Å². The molecule has 0 aliphatic carbocycles. The van der Waals surface area contributed by atoms with Crippen LogP contribution in [0.4, 0.5) is 0 Å². The zero-order chi connectivity index (χ0) is 18.1. The van der Waals surface area contributed by atoms with Crippen LogP contribution in [0.25, 0.3) is 11.0 Å². The lowest BCUT2D eigenvalue weighted by Gasteiger charge is -2.15. The van der Waals surface area contributed by atoms with Crippen molar-refractivity contribution in [2.24, 2.45) is 0 Å². The molecular formula is C19H19N3O4. The lowest BCUT2D eigenvalue weighted by molar-refractivity contribution is 0.0742. The zero-order valence-corrected chi connectivity index (χ0v) is 14.6. The smallest absolute Gasteiger partial charge is 0.289 e. The van der Waals surface area contributed by atoms with Crippen molar-refractivity contribution in [3.63, 3.8) is 0 Å². The van der Waals surface area contributed by atoms with Crippen LogP contribution in [0.2, 0.25) is 0 Å². The van der Waals surface area contributed by atoms with Crippen LogP contribution >= 0.6 is 0 Å². The maximum Gasteiger partial charge on any atom is 0.289 e. The van der Waals surface area contributed by atoms with Gasteiger partial charge in [-0.25, -0.2) is 0 Å². The number of furan rings is 1. The van der Waals surface area contributed by atoms with Crippen LogP contribution in [0.3, 0.4) is 0 Å². The van der Waals surface area contributed by atoms with Crippen molar-refractivity contribution >= 4 is 16.9 Å². The van der Waals surface area contributed by atoms with E-state index in [1.807, 2.05) is 31.2 Å². The SMILES string of the molecule is COc1cccc2cc(C(=O)N3CCC(Oc4ccc(C)nn4)C3)oc12. The van der Waals surface area contributed by atoms with E-state index in [2.05, 4.69) is 10.2 Å². The summed E-state index contributed by atoms with van der Waals surface area (Å²) in [6.07, 6.45) is 0.639. The summed E-state index contributed by atoms with van der Waals surface area (Å²) in [6.45, 7) is 2.97.